The van der Waals surface area contributed by atoms with Crippen molar-refractivity contribution < 1.29 is 4.79 Å². The van der Waals surface area contributed by atoms with E-state index in [0.29, 0.717) is 24.5 Å². The number of benzene rings is 2. The Morgan fingerprint density at radius 3 is 2.57 bits per heavy atom. The molecule has 0 saturated heterocycles. The molecule has 0 radical (unpaired) electrons. The van der Waals surface area contributed by atoms with E-state index in [9.17, 15) is 4.79 Å². The van der Waals surface area contributed by atoms with Crippen LogP contribution in [0.25, 0.3) is 22.8 Å². The lowest BCUT2D eigenvalue weighted by molar-refractivity contribution is 0.0949. The molecule has 2 aromatic carbocycles. The zero-order valence-electron chi connectivity index (χ0n) is 17.3. The molecule has 0 bridgehead atoms. The summed E-state index contributed by atoms with van der Waals surface area (Å²) in [5.41, 5.74) is 4.28. The first kappa shape index (κ1) is 19.6. The average molecular weight is 400 g/mol. The van der Waals surface area contributed by atoms with Crippen molar-refractivity contribution in [1.82, 2.24) is 30.0 Å². The van der Waals surface area contributed by atoms with Gasteiger partial charge in [-0.05, 0) is 19.9 Å². The Kier molecular flexibility index (Phi) is 5.43. The number of nitrogens with one attached hydrogen (secondary N) is 2. The van der Waals surface area contributed by atoms with Crippen LogP contribution >= 0.6 is 0 Å². The Hall–Kier alpha value is -3.74. The van der Waals surface area contributed by atoms with E-state index in [1.807, 2.05) is 80.1 Å². The summed E-state index contributed by atoms with van der Waals surface area (Å²) in [7, 11) is 1.94. The molecule has 2 N–H and O–H groups in total. The smallest absolute Gasteiger partial charge is 0.271 e. The van der Waals surface area contributed by atoms with Gasteiger partial charge in [0.2, 0.25) is 0 Å². The zero-order chi connectivity index (χ0) is 21.1. The van der Waals surface area contributed by atoms with Gasteiger partial charge in [0.1, 0.15) is 17.3 Å². The van der Waals surface area contributed by atoms with Gasteiger partial charge < -0.3 is 14.9 Å². The van der Waals surface area contributed by atoms with E-state index in [0.717, 1.165) is 34.0 Å². The first-order chi connectivity index (χ1) is 14.5. The fraction of sp³-hybridized carbons (Fsp3) is 0.217. The van der Waals surface area contributed by atoms with Gasteiger partial charge in [-0.25, -0.2) is 4.98 Å². The molecule has 0 aliphatic rings. The second-order valence-corrected chi connectivity index (χ2v) is 7.30. The highest BCUT2D eigenvalue weighted by molar-refractivity contribution is 5.94. The summed E-state index contributed by atoms with van der Waals surface area (Å²) in [4.78, 5) is 20.4. The van der Waals surface area contributed by atoms with Crippen molar-refractivity contribution in [2.75, 3.05) is 6.54 Å². The molecule has 4 aromatic rings. The third kappa shape index (κ3) is 4.00. The van der Waals surface area contributed by atoms with Gasteiger partial charge in [0.25, 0.3) is 5.91 Å². The molecular weight excluding hydrogens is 376 g/mol. The lowest BCUT2D eigenvalue weighted by Gasteiger charge is -2.05. The number of aryl methyl sites for hydroxylation is 2. The SMILES string of the molecule is Cc1cccc(-c2nc(C(=O)NCCc3nnc(-c4ccccc4)n3C)c(C)[nH]2)c1. The molecule has 152 valence electrons. The molecule has 4 rings (SSSR count). The maximum absolute atomic E-state index is 12.6. The summed E-state index contributed by atoms with van der Waals surface area (Å²) in [5.74, 6) is 2.12. The highest BCUT2D eigenvalue weighted by Crippen LogP contribution is 2.19. The van der Waals surface area contributed by atoms with Gasteiger partial charge in [-0.1, -0.05) is 54.1 Å². The van der Waals surface area contributed by atoms with E-state index < -0.39 is 0 Å². The van der Waals surface area contributed by atoms with Crippen LogP contribution in [0.5, 0.6) is 0 Å². The number of rotatable bonds is 6. The van der Waals surface area contributed by atoms with Gasteiger partial charge in [-0.3, -0.25) is 4.79 Å². The Balaban J connectivity index is 1.41. The second kappa shape index (κ2) is 8.32. The van der Waals surface area contributed by atoms with Crippen molar-refractivity contribution in [2.45, 2.75) is 20.3 Å². The normalized spacial score (nSPS) is 10.9. The number of aromatic amines is 1. The number of H-pyrrole nitrogens is 1. The van der Waals surface area contributed by atoms with Crippen LogP contribution in [0.3, 0.4) is 0 Å². The maximum Gasteiger partial charge on any atom is 0.271 e. The average Bonchev–Trinajstić information content (AvgIpc) is 3.31. The van der Waals surface area contributed by atoms with Crippen molar-refractivity contribution in [1.29, 1.82) is 0 Å². The molecule has 1 amide bonds. The van der Waals surface area contributed by atoms with E-state index in [-0.39, 0.29) is 5.91 Å². The van der Waals surface area contributed by atoms with Crippen molar-refractivity contribution in [2.24, 2.45) is 7.05 Å². The molecule has 30 heavy (non-hydrogen) atoms. The minimum atomic E-state index is -0.201. The molecule has 7 heteroatoms. The van der Waals surface area contributed by atoms with Crippen LogP contribution in [0.15, 0.2) is 54.6 Å². The van der Waals surface area contributed by atoms with Gasteiger partial charge in [-0.15, -0.1) is 10.2 Å². The van der Waals surface area contributed by atoms with Crippen molar-refractivity contribution >= 4 is 5.91 Å². The van der Waals surface area contributed by atoms with E-state index in [1.54, 1.807) is 0 Å². The minimum absolute atomic E-state index is 0.201. The van der Waals surface area contributed by atoms with Gasteiger partial charge in [-0.2, -0.15) is 0 Å². The molecule has 0 aliphatic carbocycles. The largest absolute Gasteiger partial charge is 0.350 e. The van der Waals surface area contributed by atoms with Crippen molar-refractivity contribution in [3.05, 3.63) is 77.4 Å². The monoisotopic (exact) mass is 400 g/mol. The van der Waals surface area contributed by atoms with Crippen molar-refractivity contribution in [3.8, 4) is 22.8 Å². The predicted molar refractivity (Wildman–Crippen MR) is 116 cm³/mol. The highest BCUT2D eigenvalue weighted by Gasteiger charge is 2.16. The molecule has 0 fully saturated rings. The summed E-state index contributed by atoms with van der Waals surface area (Å²) in [5, 5.41) is 11.5. The van der Waals surface area contributed by atoms with E-state index in [2.05, 4.69) is 25.5 Å². The van der Waals surface area contributed by atoms with Gasteiger partial charge in [0.05, 0.1) is 0 Å². The first-order valence-electron chi connectivity index (χ1n) is 9.88. The van der Waals surface area contributed by atoms with Crippen molar-refractivity contribution in [3.63, 3.8) is 0 Å². The molecule has 2 heterocycles. The van der Waals surface area contributed by atoms with Crippen LogP contribution in [0.4, 0.5) is 0 Å². The molecule has 0 aliphatic heterocycles. The molecule has 7 nitrogen and oxygen atoms in total. The van der Waals surface area contributed by atoms with Crippen LogP contribution in [-0.2, 0) is 13.5 Å². The number of hydrogen-bond acceptors (Lipinski definition) is 4. The van der Waals surface area contributed by atoms with E-state index >= 15 is 0 Å². The quantitative estimate of drug-likeness (QED) is 0.519. The van der Waals surface area contributed by atoms with Crippen LogP contribution in [0.1, 0.15) is 27.6 Å². The Morgan fingerprint density at radius 1 is 1.03 bits per heavy atom. The molecule has 0 atom stereocenters. The van der Waals surface area contributed by atoms with E-state index in [4.69, 9.17) is 0 Å². The Morgan fingerprint density at radius 2 is 1.80 bits per heavy atom. The number of carbonyl (C=O) groups is 1. The third-order valence-electron chi connectivity index (χ3n) is 5.02. The minimum Gasteiger partial charge on any atom is -0.350 e. The first-order valence-corrected chi connectivity index (χ1v) is 9.88. The molecule has 0 saturated carbocycles. The maximum atomic E-state index is 12.6. The predicted octanol–water partition coefficient (Wildman–Crippen LogP) is 3.46. The summed E-state index contributed by atoms with van der Waals surface area (Å²) in [6.45, 7) is 4.34. The lowest BCUT2D eigenvalue weighted by Crippen LogP contribution is -2.27. The van der Waals surface area contributed by atoms with Gasteiger partial charge in [0.15, 0.2) is 5.82 Å². The number of amides is 1. The fourth-order valence-corrected chi connectivity index (χ4v) is 3.40. The highest BCUT2D eigenvalue weighted by atomic mass is 16.1. The zero-order valence-corrected chi connectivity index (χ0v) is 17.3. The Bertz CT molecular complexity index is 1180. The van der Waals surface area contributed by atoms with Crippen LogP contribution in [0, 0.1) is 13.8 Å². The topological polar surface area (TPSA) is 88.5 Å². The summed E-state index contributed by atoms with van der Waals surface area (Å²) in [6, 6.07) is 17.9. The molecule has 2 aromatic heterocycles. The van der Waals surface area contributed by atoms with Gasteiger partial charge in [0, 0.05) is 36.8 Å². The molecular formula is C23H24N6O. The molecule has 0 spiro atoms. The summed E-state index contributed by atoms with van der Waals surface area (Å²) in [6.07, 6.45) is 0.580. The number of imidazole rings is 1. The van der Waals surface area contributed by atoms with Crippen LogP contribution < -0.4 is 5.32 Å². The standard InChI is InChI=1S/C23H24N6O/c1-15-8-7-11-18(14-15)21-25-16(2)20(26-21)23(30)24-13-12-19-27-28-22(29(19)3)17-9-5-4-6-10-17/h4-11,14H,12-13H2,1-3H3,(H,24,30)(H,25,26). The third-order valence-corrected chi connectivity index (χ3v) is 5.02. The van der Waals surface area contributed by atoms with Crippen LogP contribution in [-0.4, -0.2) is 37.2 Å². The number of aromatic nitrogens is 5. The van der Waals surface area contributed by atoms with Crippen LogP contribution in [0.2, 0.25) is 0 Å². The lowest BCUT2D eigenvalue weighted by atomic mass is 10.1. The number of nitrogens with zero attached hydrogens (tertiary/aromatic N) is 4. The summed E-state index contributed by atoms with van der Waals surface area (Å²) >= 11 is 0. The molecule has 0 unspecified atom stereocenters. The second-order valence-electron chi connectivity index (χ2n) is 7.30. The number of carbonyl (C=O) groups excluding carboxylic acids is 1. The fourth-order valence-electron chi connectivity index (χ4n) is 3.40. The summed E-state index contributed by atoms with van der Waals surface area (Å²) < 4.78 is 1.96. The Labute approximate surface area is 175 Å². The number of hydrogen-bond donors (Lipinski definition) is 2. The van der Waals surface area contributed by atoms with E-state index in [1.165, 1.54) is 0 Å². The van der Waals surface area contributed by atoms with Gasteiger partial charge >= 0.3 is 0 Å².